The average molecular weight is 485 g/mol. The number of Topliss-reactive ketones (excluding diaryl/α,β-unsaturated/α-hetero) is 1. The lowest BCUT2D eigenvalue weighted by Gasteiger charge is -2.28. The van der Waals surface area contributed by atoms with Gasteiger partial charge >= 0.3 is 5.97 Å². The van der Waals surface area contributed by atoms with E-state index in [0.717, 1.165) is 4.47 Å². The number of nitrogens with zero attached hydrogens (tertiary/aromatic N) is 5. The molecule has 4 rings (SSSR count). The number of anilines is 1. The normalized spacial score (nSPS) is 15.1. The van der Waals surface area contributed by atoms with Crippen LogP contribution in [0.25, 0.3) is 0 Å². The van der Waals surface area contributed by atoms with Crippen LogP contribution in [-0.4, -0.2) is 44.0 Å². The molecule has 1 N–H and O–H groups in total. The number of nitrogens with one attached hydrogen (secondary N) is 1. The number of rotatable bonds is 5. The number of allylic oxidation sites excluding steroid dienone is 1. The van der Waals surface area contributed by atoms with E-state index in [1.165, 1.54) is 36.1 Å². The zero-order valence-corrected chi connectivity index (χ0v) is 17.4. The summed E-state index contributed by atoms with van der Waals surface area (Å²) in [7, 11) is 1.19. The first-order valence-electron chi connectivity index (χ1n) is 8.82. The Balaban J connectivity index is 1.90. The molecule has 0 unspecified atom stereocenters. The summed E-state index contributed by atoms with van der Waals surface area (Å²) in [5.74, 6) is -1.15. The number of benzene rings is 2. The molecule has 0 fully saturated rings. The highest BCUT2D eigenvalue weighted by Gasteiger charge is 2.38. The predicted molar refractivity (Wildman–Crippen MR) is 110 cm³/mol. The molecular formula is C19H13BrN6O5. The lowest BCUT2D eigenvalue weighted by molar-refractivity contribution is -0.384. The summed E-state index contributed by atoms with van der Waals surface area (Å²) < 4.78 is 7.07. The van der Waals surface area contributed by atoms with E-state index in [1.807, 2.05) is 0 Å². The summed E-state index contributed by atoms with van der Waals surface area (Å²) in [5.41, 5.74) is 0.573. The topological polar surface area (TPSA) is 142 Å². The van der Waals surface area contributed by atoms with Gasteiger partial charge in [-0.2, -0.15) is 4.68 Å². The lowest BCUT2D eigenvalue weighted by atomic mass is 9.89. The van der Waals surface area contributed by atoms with E-state index in [1.54, 1.807) is 24.3 Å². The van der Waals surface area contributed by atoms with Gasteiger partial charge in [-0.25, -0.2) is 4.79 Å². The Morgan fingerprint density at radius 2 is 1.84 bits per heavy atom. The van der Waals surface area contributed by atoms with Crippen molar-refractivity contribution in [1.82, 2.24) is 20.2 Å². The number of tetrazole rings is 1. The summed E-state index contributed by atoms with van der Waals surface area (Å²) in [5, 5.41) is 25.2. The van der Waals surface area contributed by atoms with E-state index in [0.29, 0.717) is 5.56 Å². The average Bonchev–Trinajstić information content (AvgIpc) is 3.26. The fourth-order valence-corrected chi connectivity index (χ4v) is 3.50. The van der Waals surface area contributed by atoms with Crippen molar-refractivity contribution >= 4 is 39.3 Å². The third-order valence-corrected chi connectivity index (χ3v) is 5.21. The second kappa shape index (κ2) is 8.07. The molecule has 1 aliphatic heterocycles. The van der Waals surface area contributed by atoms with Gasteiger partial charge in [0.1, 0.15) is 11.7 Å². The lowest BCUT2D eigenvalue weighted by Crippen LogP contribution is -2.32. The third kappa shape index (κ3) is 3.68. The van der Waals surface area contributed by atoms with E-state index >= 15 is 0 Å². The number of nitro groups is 1. The van der Waals surface area contributed by atoms with Gasteiger partial charge in [0.25, 0.3) is 5.69 Å². The van der Waals surface area contributed by atoms with Crippen LogP contribution in [0.4, 0.5) is 11.6 Å². The van der Waals surface area contributed by atoms with Crippen LogP contribution in [0.1, 0.15) is 22.0 Å². The Kier molecular flexibility index (Phi) is 5.29. The molecule has 31 heavy (non-hydrogen) atoms. The predicted octanol–water partition coefficient (Wildman–Crippen LogP) is 2.67. The van der Waals surface area contributed by atoms with Gasteiger partial charge in [0.2, 0.25) is 5.95 Å². The number of halogens is 1. The number of methoxy groups -OCH3 is 1. The number of ether oxygens (including phenoxy) is 1. The molecule has 0 amide bonds. The van der Waals surface area contributed by atoms with Gasteiger partial charge < -0.3 is 10.1 Å². The molecule has 0 bridgehead atoms. The van der Waals surface area contributed by atoms with Crippen molar-refractivity contribution in [1.29, 1.82) is 0 Å². The molecule has 0 radical (unpaired) electrons. The van der Waals surface area contributed by atoms with Gasteiger partial charge in [-0.15, -0.1) is 0 Å². The molecule has 11 nitrogen and oxygen atoms in total. The maximum absolute atomic E-state index is 13.5. The van der Waals surface area contributed by atoms with Crippen molar-refractivity contribution in [2.75, 3.05) is 12.4 Å². The number of carbonyl (C=O) groups is 2. The molecule has 1 aliphatic rings. The van der Waals surface area contributed by atoms with Crippen LogP contribution in [0.5, 0.6) is 0 Å². The van der Waals surface area contributed by atoms with E-state index in [-0.39, 0.29) is 28.5 Å². The molecular weight excluding hydrogens is 472 g/mol. The van der Waals surface area contributed by atoms with Crippen LogP contribution in [0.2, 0.25) is 0 Å². The second-order valence-corrected chi connectivity index (χ2v) is 7.36. The van der Waals surface area contributed by atoms with E-state index < -0.39 is 22.7 Å². The summed E-state index contributed by atoms with van der Waals surface area (Å²) in [6.07, 6.45) is 0. The maximum atomic E-state index is 13.5. The fourth-order valence-electron chi connectivity index (χ4n) is 3.23. The van der Waals surface area contributed by atoms with Crippen molar-refractivity contribution in [2.45, 2.75) is 6.04 Å². The van der Waals surface area contributed by atoms with Crippen LogP contribution >= 0.6 is 15.9 Å². The monoisotopic (exact) mass is 484 g/mol. The first-order chi connectivity index (χ1) is 14.9. The second-order valence-electron chi connectivity index (χ2n) is 6.44. The summed E-state index contributed by atoms with van der Waals surface area (Å²) in [4.78, 5) is 36.5. The molecule has 1 aromatic heterocycles. The number of hydrogen-bond acceptors (Lipinski definition) is 9. The minimum Gasteiger partial charge on any atom is -0.464 e. The molecule has 0 spiro atoms. The Bertz CT molecular complexity index is 1220. The smallest absolute Gasteiger partial charge is 0.355 e. The number of esters is 1. The number of non-ortho nitro benzene ring substituents is 1. The van der Waals surface area contributed by atoms with Gasteiger partial charge in [0.05, 0.1) is 17.6 Å². The van der Waals surface area contributed by atoms with Gasteiger partial charge in [-0.1, -0.05) is 33.2 Å². The summed E-state index contributed by atoms with van der Waals surface area (Å²) in [6.45, 7) is 0. The molecule has 3 aromatic rings. The molecule has 12 heteroatoms. The van der Waals surface area contributed by atoms with Gasteiger partial charge in [0, 0.05) is 22.2 Å². The van der Waals surface area contributed by atoms with Crippen molar-refractivity contribution in [3.63, 3.8) is 0 Å². The number of nitro benzene ring substituents is 1. The molecule has 2 heterocycles. The molecule has 0 saturated carbocycles. The van der Waals surface area contributed by atoms with Gasteiger partial charge in [0.15, 0.2) is 5.78 Å². The van der Waals surface area contributed by atoms with Crippen molar-refractivity contribution < 1.29 is 19.2 Å². The highest BCUT2D eigenvalue weighted by atomic mass is 79.9. The first kappa shape index (κ1) is 20.3. The van der Waals surface area contributed by atoms with Crippen LogP contribution in [0.3, 0.4) is 0 Å². The van der Waals surface area contributed by atoms with E-state index in [9.17, 15) is 19.7 Å². The maximum Gasteiger partial charge on any atom is 0.355 e. The molecule has 2 aromatic carbocycles. The molecule has 156 valence electrons. The van der Waals surface area contributed by atoms with E-state index in [2.05, 4.69) is 36.8 Å². The molecule has 1 atom stereocenters. The zero-order chi connectivity index (χ0) is 22.1. The quantitative estimate of drug-likeness (QED) is 0.250. The van der Waals surface area contributed by atoms with Crippen LogP contribution in [0, 0.1) is 10.1 Å². The highest BCUT2D eigenvalue weighted by Crippen LogP contribution is 2.37. The van der Waals surface area contributed by atoms with Crippen LogP contribution in [-0.2, 0) is 9.53 Å². The highest BCUT2D eigenvalue weighted by molar-refractivity contribution is 9.10. The summed E-state index contributed by atoms with van der Waals surface area (Å²) >= 11 is 3.37. The Hall–Kier alpha value is -3.93. The number of hydrogen-bond donors (Lipinski definition) is 1. The standard InChI is InChI=1S/C19H13BrN6O5/c1-31-18(28)15-14(17(27)11-4-8-13(9-5-11)26(29)30)16(10-2-6-12(20)7-3-10)25-19(21-15)22-23-24-25/h2-9,16H,1H3,(H,21,22,24)/t16-/m1/s1. The molecule has 0 saturated heterocycles. The summed E-state index contributed by atoms with van der Waals surface area (Å²) in [6, 6.07) is 11.4. The third-order valence-electron chi connectivity index (χ3n) is 4.68. The van der Waals surface area contributed by atoms with Crippen LogP contribution in [0.15, 0.2) is 64.3 Å². The minimum atomic E-state index is -0.837. The number of carbonyl (C=O) groups excluding carboxylic acids is 2. The van der Waals surface area contributed by atoms with Crippen molar-refractivity contribution in [3.05, 3.63) is 85.5 Å². The minimum absolute atomic E-state index is 0.0443. The number of aromatic nitrogens is 4. The Morgan fingerprint density at radius 1 is 1.16 bits per heavy atom. The molecule has 0 aliphatic carbocycles. The fraction of sp³-hybridized carbons (Fsp3) is 0.105. The SMILES string of the molecule is COC(=O)C1=C(C(=O)c2ccc([N+](=O)[O-])cc2)[C@@H](c2ccc(Br)cc2)n2nnnc2N1. The van der Waals surface area contributed by atoms with E-state index in [4.69, 9.17) is 4.74 Å². The Morgan fingerprint density at radius 3 is 2.45 bits per heavy atom. The number of ketones is 1. The zero-order valence-electron chi connectivity index (χ0n) is 15.9. The van der Waals surface area contributed by atoms with Crippen LogP contribution < -0.4 is 5.32 Å². The Labute approximate surface area is 183 Å². The van der Waals surface area contributed by atoms with Crippen molar-refractivity contribution in [3.8, 4) is 0 Å². The first-order valence-corrected chi connectivity index (χ1v) is 9.62. The largest absolute Gasteiger partial charge is 0.464 e. The van der Waals surface area contributed by atoms with Gasteiger partial charge in [-0.3, -0.25) is 14.9 Å². The van der Waals surface area contributed by atoms with Crippen molar-refractivity contribution in [2.24, 2.45) is 0 Å². The van der Waals surface area contributed by atoms with Gasteiger partial charge in [-0.05, 0) is 40.3 Å². The number of fused-ring (bicyclic) bond motifs is 1.